The van der Waals surface area contributed by atoms with Crippen molar-refractivity contribution < 1.29 is 9.59 Å². The summed E-state index contributed by atoms with van der Waals surface area (Å²) in [5.74, 6) is 0.347. The second kappa shape index (κ2) is 12.8. The molecule has 3 aromatic heterocycles. The lowest BCUT2D eigenvalue weighted by atomic mass is 10.1. The van der Waals surface area contributed by atoms with Crippen LogP contribution >= 0.6 is 0 Å². The van der Waals surface area contributed by atoms with Crippen LogP contribution in [0.15, 0.2) is 85.5 Å². The van der Waals surface area contributed by atoms with E-state index in [1.807, 2.05) is 61.5 Å². The Morgan fingerprint density at radius 2 is 1.65 bits per heavy atom. The molecular weight excluding hydrogens is 466 g/mol. The average Bonchev–Trinajstić information content (AvgIpc) is 2.93. The largest absolute Gasteiger partial charge is 0.370 e. The Hall–Kier alpha value is -4.79. The number of amides is 3. The zero-order chi connectivity index (χ0) is 25.9. The van der Waals surface area contributed by atoms with Gasteiger partial charge < -0.3 is 21.3 Å². The highest BCUT2D eigenvalue weighted by atomic mass is 16.2. The van der Waals surface area contributed by atoms with E-state index in [-0.39, 0.29) is 11.9 Å². The van der Waals surface area contributed by atoms with E-state index < -0.39 is 0 Å². The van der Waals surface area contributed by atoms with Gasteiger partial charge in [0.25, 0.3) is 5.91 Å². The van der Waals surface area contributed by atoms with E-state index in [0.717, 1.165) is 28.8 Å². The topological polar surface area (TPSA) is 121 Å². The molecule has 0 aliphatic carbocycles. The molecule has 9 nitrogen and oxygen atoms in total. The quantitative estimate of drug-likeness (QED) is 0.261. The lowest BCUT2D eigenvalue weighted by molar-refractivity contribution is 0.0954. The number of rotatable bonds is 10. The van der Waals surface area contributed by atoms with Gasteiger partial charge in [0.05, 0.1) is 11.3 Å². The molecule has 37 heavy (non-hydrogen) atoms. The zero-order valence-electron chi connectivity index (χ0n) is 20.6. The van der Waals surface area contributed by atoms with Crippen LogP contribution < -0.4 is 21.3 Å². The summed E-state index contributed by atoms with van der Waals surface area (Å²) in [6.45, 7) is 3.49. The van der Waals surface area contributed by atoms with Crippen LogP contribution in [0.4, 0.5) is 16.3 Å². The SMILES string of the molecule is CCNc1nc(-c2ccc(NC(=O)NCc3cccnc3)cc2)ccc1C(=O)NCCc1ccncc1. The van der Waals surface area contributed by atoms with Gasteiger partial charge in [-0.25, -0.2) is 9.78 Å². The summed E-state index contributed by atoms with van der Waals surface area (Å²) in [4.78, 5) is 37.8. The summed E-state index contributed by atoms with van der Waals surface area (Å²) in [6.07, 6.45) is 7.60. The second-order valence-electron chi connectivity index (χ2n) is 8.23. The Kier molecular flexibility index (Phi) is 8.74. The molecule has 3 heterocycles. The monoisotopic (exact) mass is 495 g/mol. The third-order valence-corrected chi connectivity index (χ3v) is 5.55. The van der Waals surface area contributed by atoms with Gasteiger partial charge in [-0.05, 0) is 66.9 Å². The number of nitrogens with one attached hydrogen (secondary N) is 4. The summed E-state index contributed by atoms with van der Waals surface area (Å²) >= 11 is 0. The van der Waals surface area contributed by atoms with E-state index in [2.05, 4.69) is 36.2 Å². The molecular formula is C28H29N7O2. The van der Waals surface area contributed by atoms with Crippen molar-refractivity contribution in [3.8, 4) is 11.3 Å². The highest BCUT2D eigenvalue weighted by Crippen LogP contribution is 2.23. The smallest absolute Gasteiger partial charge is 0.319 e. The maximum Gasteiger partial charge on any atom is 0.319 e. The third-order valence-electron chi connectivity index (χ3n) is 5.55. The van der Waals surface area contributed by atoms with Crippen LogP contribution in [-0.2, 0) is 13.0 Å². The van der Waals surface area contributed by atoms with Crippen LogP contribution in [0.25, 0.3) is 11.3 Å². The van der Waals surface area contributed by atoms with Crippen LogP contribution in [0.1, 0.15) is 28.4 Å². The number of carbonyl (C=O) groups excluding carboxylic acids is 2. The minimum Gasteiger partial charge on any atom is -0.370 e. The Balaban J connectivity index is 1.37. The van der Waals surface area contributed by atoms with Crippen molar-refractivity contribution >= 4 is 23.4 Å². The van der Waals surface area contributed by atoms with E-state index in [1.54, 1.807) is 30.9 Å². The molecule has 0 saturated heterocycles. The summed E-state index contributed by atoms with van der Waals surface area (Å²) in [7, 11) is 0. The maximum atomic E-state index is 12.8. The predicted octanol–water partition coefficient (Wildman–Crippen LogP) is 4.26. The van der Waals surface area contributed by atoms with Gasteiger partial charge in [0.1, 0.15) is 5.82 Å². The van der Waals surface area contributed by atoms with Gasteiger partial charge in [-0.15, -0.1) is 0 Å². The molecule has 0 fully saturated rings. The van der Waals surface area contributed by atoms with Crippen molar-refractivity contribution in [2.75, 3.05) is 23.7 Å². The first-order valence-electron chi connectivity index (χ1n) is 12.1. The number of pyridine rings is 3. The molecule has 3 amide bonds. The Bertz CT molecular complexity index is 1310. The second-order valence-corrected chi connectivity index (χ2v) is 8.23. The first-order chi connectivity index (χ1) is 18.1. The number of nitrogens with zero attached hydrogens (tertiary/aromatic N) is 3. The normalized spacial score (nSPS) is 10.4. The molecule has 0 radical (unpaired) electrons. The molecule has 1 aromatic carbocycles. The number of aromatic nitrogens is 3. The lowest BCUT2D eigenvalue weighted by Gasteiger charge is -2.13. The fourth-order valence-electron chi connectivity index (χ4n) is 3.66. The van der Waals surface area contributed by atoms with Crippen LogP contribution in [0.5, 0.6) is 0 Å². The van der Waals surface area contributed by atoms with Gasteiger partial charge in [0, 0.05) is 55.7 Å². The summed E-state index contributed by atoms with van der Waals surface area (Å²) in [6, 6.07) is 18.3. The molecule has 0 aliphatic rings. The fourth-order valence-corrected chi connectivity index (χ4v) is 3.66. The van der Waals surface area contributed by atoms with Crippen LogP contribution in [0.2, 0.25) is 0 Å². The zero-order valence-corrected chi connectivity index (χ0v) is 20.6. The summed E-state index contributed by atoms with van der Waals surface area (Å²) in [5, 5.41) is 11.8. The van der Waals surface area contributed by atoms with Gasteiger partial charge in [0.2, 0.25) is 0 Å². The number of carbonyl (C=O) groups is 2. The first-order valence-corrected chi connectivity index (χ1v) is 12.1. The molecule has 4 rings (SSSR count). The molecule has 0 spiro atoms. The van der Waals surface area contributed by atoms with Gasteiger partial charge in [-0.1, -0.05) is 18.2 Å². The van der Waals surface area contributed by atoms with Crippen LogP contribution in [0, 0.1) is 0 Å². The molecule has 0 bridgehead atoms. The fraction of sp³-hybridized carbons (Fsp3) is 0.179. The summed E-state index contributed by atoms with van der Waals surface area (Å²) < 4.78 is 0. The third kappa shape index (κ3) is 7.35. The van der Waals surface area contributed by atoms with E-state index in [9.17, 15) is 9.59 Å². The maximum absolute atomic E-state index is 12.8. The average molecular weight is 496 g/mol. The number of hydrogen-bond donors (Lipinski definition) is 4. The van der Waals surface area contributed by atoms with E-state index in [0.29, 0.717) is 36.7 Å². The molecule has 0 aliphatic heterocycles. The first kappa shape index (κ1) is 25.3. The van der Waals surface area contributed by atoms with Gasteiger partial charge >= 0.3 is 6.03 Å². The Morgan fingerprint density at radius 3 is 2.38 bits per heavy atom. The molecule has 0 saturated carbocycles. The van der Waals surface area contributed by atoms with Gasteiger partial charge in [0.15, 0.2) is 0 Å². The minimum absolute atomic E-state index is 0.180. The van der Waals surface area contributed by atoms with Crippen molar-refractivity contribution in [3.05, 3.63) is 102 Å². The lowest BCUT2D eigenvalue weighted by Crippen LogP contribution is -2.28. The molecule has 0 unspecified atom stereocenters. The van der Waals surface area contributed by atoms with Crippen molar-refractivity contribution in [2.24, 2.45) is 0 Å². The number of benzene rings is 1. The highest BCUT2D eigenvalue weighted by Gasteiger charge is 2.14. The van der Waals surface area contributed by atoms with Crippen molar-refractivity contribution in [1.82, 2.24) is 25.6 Å². The van der Waals surface area contributed by atoms with E-state index in [4.69, 9.17) is 0 Å². The van der Waals surface area contributed by atoms with Crippen LogP contribution in [-0.4, -0.2) is 40.0 Å². The summed E-state index contributed by atoms with van der Waals surface area (Å²) in [5.41, 5.74) is 4.76. The van der Waals surface area contributed by atoms with E-state index in [1.165, 1.54) is 0 Å². The standard InChI is InChI=1S/C28H29N7O2/c1-2-31-26-24(27(36)32-17-13-20-11-15-29-16-12-20)9-10-25(35-26)22-5-7-23(8-6-22)34-28(37)33-19-21-4-3-14-30-18-21/h3-12,14-16,18H,2,13,17,19H2,1H3,(H,31,35)(H,32,36)(H2,33,34,37). The Labute approximate surface area is 215 Å². The van der Waals surface area contributed by atoms with Crippen molar-refractivity contribution in [2.45, 2.75) is 19.9 Å². The molecule has 188 valence electrons. The van der Waals surface area contributed by atoms with Crippen molar-refractivity contribution in [1.29, 1.82) is 0 Å². The number of anilines is 2. The van der Waals surface area contributed by atoms with Crippen molar-refractivity contribution in [3.63, 3.8) is 0 Å². The minimum atomic E-state index is -0.302. The van der Waals surface area contributed by atoms with Gasteiger partial charge in [-0.2, -0.15) is 0 Å². The molecule has 4 N–H and O–H groups in total. The van der Waals surface area contributed by atoms with Crippen LogP contribution in [0.3, 0.4) is 0 Å². The van der Waals surface area contributed by atoms with Gasteiger partial charge in [-0.3, -0.25) is 14.8 Å². The number of urea groups is 1. The molecule has 0 atom stereocenters. The molecule has 4 aromatic rings. The molecule has 9 heteroatoms. The predicted molar refractivity (Wildman–Crippen MR) is 144 cm³/mol. The van der Waals surface area contributed by atoms with E-state index >= 15 is 0 Å². The highest BCUT2D eigenvalue weighted by molar-refractivity contribution is 5.99. The number of hydrogen-bond acceptors (Lipinski definition) is 6. The Morgan fingerprint density at radius 1 is 0.838 bits per heavy atom.